The zero-order valence-electron chi connectivity index (χ0n) is 10.7. The third-order valence-corrected chi connectivity index (χ3v) is 4.54. The molecule has 1 atom stereocenters. The van der Waals surface area contributed by atoms with Crippen LogP contribution in [-0.2, 0) is 0 Å². The van der Waals surface area contributed by atoms with Crippen LogP contribution in [0.2, 0.25) is 0 Å². The smallest absolute Gasteiger partial charge is 0.0928 e. The second kappa shape index (κ2) is 11.2. The van der Waals surface area contributed by atoms with Crippen LogP contribution in [0.25, 0.3) is 0 Å². The van der Waals surface area contributed by atoms with E-state index < -0.39 is 3.79 Å². The van der Waals surface area contributed by atoms with Crippen LogP contribution >= 0.6 is 50.7 Å². The summed E-state index contributed by atoms with van der Waals surface area (Å²) in [4.78, 5) is 0. The molecule has 0 aromatic rings. The Balaban J connectivity index is 3.69. The van der Waals surface area contributed by atoms with E-state index in [2.05, 4.69) is 22.9 Å². The van der Waals surface area contributed by atoms with E-state index in [1.807, 2.05) is 0 Å². The first-order valence-corrected chi connectivity index (χ1v) is 8.90. The Morgan fingerprint density at radius 2 is 1.41 bits per heavy atom. The fourth-order valence-electron chi connectivity index (χ4n) is 1.97. The Morgan fingerprint density at radius 3 is 1.94 bits per heavy atom. The Morgan fingerprint density at radius 1 is 0.882 bits per heavy atom. The van der Waals surface area contributed by atoms with Crippen molar-refractivity contribution in [3.63, 3.8) is 0 Å². The summed E-state index contributed by atoms with van der Waals surface area (Å²) in [5.41, 5.74) is 0. The van der Waals surface area contributed by atoms with Gasteiger partial charge < -0.3 is 0 Å². The van der Waals surface area contributed by atoms with Gasteiger partial charge in [-0.15, -0.1) is 0 Å². The van der Waals surface area contributed by atoms with Crippen molar-refractivity contribution in [2.24, 2.45) is 5.92 Å². The molecule has 0 aliphatic heterocycles. The molecule has 0 amide bonds. The largest absolute Gasteiger partial charge is 0.193 e. The summed E-state index contributed by atoms with van der Waals surface area (Å²) in [6.45, 7) is 2.24. The summed E-state index contributed by atoms with van der Waals surface area (Å²) in [7, 11) is 0. The monoisotopic (exact) mass is 364 g/mol. The van der Waals surface area contributed by atoms with Gasteiger partial charge in [0.05, 0.1) is 0 Å². The molecule has 0 heterocycles. The first kappa shape index (κ1) is 18.4. The molecule has 0 saturated heterocycles. The molecule has 0 bridgehead atoms. The van der Waals surface area contributed by atoms with Gasteiger partial charge in [-0.3, -0.25) is 0 Å². The number of alkyl halides is 4. The number of halogens is 4. The van der Waals surface area contributed by atoms with Gasteiger partial charge in [-0.2, -0.15) is 0 Å². The second-order valence-corrected chi connectivity index (χ2v) is 7.79. The lowest BCUT2D eigenvalue weighted by Crippen LogP contribution is -2.19. The fraction of sp³-hybridized carbons (Fsp3) is 1.00. The number of rotatable bonds is 10. The highest BCUT2D eigenvalue weighted by Gasteiger charge is 2.31. The van der Waals surface area contributed by atoms with Crippen molar-refractivity contribution in [3.05, 3.63) is 0 Å². The van der Waals surface area contributed by atoms with Crippen molar-refractivity contribution >= 4 is 50.7 Å². The van der Waals surface area contributed by atoms with E-state index in [9.17, 15) is 0 Å². The minimum Gasteiger partial charge on any atom is -0.0928 e. The maximum absolute atomic E-state index is 6.01. The quantitative estimate of drug-likeness (QED) is 0.291. The summed E-state index contributed by atoms with van der Waals surface area (Å²) >= 11 is 21.5. The van der Waals surface area contributed by atoms with Crippen molar-refractivity contribution in [3.8, 4) is 0 Å². The van der Waals surface area contributed by atoms with Crippen molar-refractivity contribution < 1.29 is 0 Å². The molecule has 0 spiro atoms. The van der Waals surface area contributed by atoms with Gasteiger partial charge in [0.15, 0.2) is 3.79 Å². The van der Waals surface area contributed by atoms with Crippen LogP contribution in [0.4, 0.5) is 0 Å². The molecule has 0 aromatic carbocycles. The normalized spacial score (nSPS) is 13.9. The van der Waals surface area contributed by atoms with Crippen LogP contribution in [0.15, 0.2) is 0 Å². The van der Waals surface area contributed by atoms with Gasteiger partial charge in [-0.05, 0) is 19.3 Å². The highest BCUT2D eigenvalue weighted by atomic mass is 79.9. The van der Waals surface area contributed by atoms with Gasteiger partial charge in [0.1, 0.15) is 0 Å². The van der Waals surface area contributed by atoms with Crippen molar-refractivity contribution in [1.29, 1.82) is 0 Å². The lowest BCUT2D eigenvalue weighted by Gasteiger charge is -2.24. The van der Waals surface area contributed by atoms with Gasteiger partial charge in [0, 0.05) is 11.2 Å². The molecule has 0 aliphatic rings. The maximum atomic E-state index is 6.01. The Kier molecular flexibility index (Phi) is 12.1. The third-order valence-electron chi connectivity index (χ3n) is 3.06. The van der Waals surface area contributed by atoms with E-state index in [-0.39, 0.29) is 5.92 Å². The topological polar surface area (TPSA) is 0 Å². The van der Waals surface area contributed by atoms with Gasteiger partial charge in [0.25, 0.3) is 0 Å². The predicted molar refractivity (Wildman–Crippen MR) is 84.8 cm³/mol. The van der Waals surface area contributed by atoms with Crippen LogP contribution in [-0.4, -0.2) is 9.12 Å². The van der Waals surface area contributed by atoms with E-state index in [0.29, 0.717) is 0 Å². The lowest BCUT2D eigenvalue weighted by molar-refractivity contribution is 0.426. The third kappa shape index (κ3) is 10.9. The molecule has 0 aliphatic carbocycles. The summed E-state index contributed by atoms with van der Waals surface area (Å²) in [5, 5.41) is 0.987. The SMILES string of the molecule is CCCCCCCCC(CCCBr)C(Cl)(Cl)Cl. The zero-order chi connectivity index (χ0) is 13.1. The van der Waals surface area contributed by atoms with E-state index in [0.717, 1.165) is 24.6 Å². The van der Waals surface area contributed by atoms with Crippen LogP contribution in [0.1, 0.15) is 64.7 Å². The minimum absolute atomic E-state index is 0.205. The first-order chi connectivity index (χ1) is 8.02. The average Bonchev–Trinajstić information content (AvgIpc) is 2.25. The fourth-order valence-corrected chi connectivity index (χ4v) is 2.94. The van der Waals surface area contributed by atoms with Crippen molar-refractivity contribution in [2.45, 2.75) is 68.5 Å². The molecule has 0 saturated carbocycles. The molecule has 4 heteroatoms. The number of unbranched alkanes of at least 4 members (excludes halogenated alkanes) is 5. The van der Waals surface area contributed by atoms with E-state index in [1.54, 1.807) is 0 Å². The van der Waals surface area contributed by atoms with E-state index in [1.165, 1.54) is 38.5 Å². The standard InChI is InChI=1S/C13H24BrCl3/c1-2-3-4-5-6-7-9-12(10-8-11-14)13(15,16)17/h12H,2-11H2,1H3. The molecule has 0 N–H and O–H groups in total. The number of hydrogen-bond acceptors (Lipinski definition) is 0. The van der Waals surface area contributed by atoms with Gasteiger partial charge >= 0.3 is 0 Å². The van der Waals surface area contributed by atoms with E-state index >= 15 is 0 Å². The van der Waals surface area contributed by atoms with Crippen LogP contribution in [0.3, 0.4) is 0 Å². The molecule has 0 nitrogen and oxygen atoms in total. The molecular formula is C13H24BrCl3. The van der Waals surface area contributed by atoms with E-state index in [4.69, 9.17) is 34.8 Å². The highest BCUT2D eigenvalue weighted by molar-refractivity contribution is 9.09. The number of hydrogen-bond donors (Lipinski definition) is 0. The van der Waals surface area contributed by atoms with Gasteiger partial charge in [0.2, 0.25) is 0 Å². The minimum atomic E-state index is -1.09. The van der Waals surface area contributed by atoms with Gasteiger partial charge in [-0.1, -0.05) is 96.2 Å². The molecular weight excluding hydrogens is 342 g/mol. The van der Waals surface area contributed by atoms with Gasteiger partial charge in [-0.25, -0.2) is 0 Å². The average molecular weight is 367 g/mol. The summed E-state index contributed by atoms with van der Waals surface area (Å²) < 4.78 is -1.09. The van der Waals surface area contributed by atoms with Crippen LogP contribution in [0, 0.1) is 5.92 Å². The second-order valence-electron chi connectivity index (χ2n) is 4.63. The summed E-state index contributed by atoms with van der Waals surface area (Å²) in [5.74, 6) is 0.205. The molecule has 0 fully saturated rings. The highest BCUT2D eigenvalue weighted by Crippen LogP contribution is 2.40. The molecule has 0 rings (SSSR count). The lowest BCUT2D eigenvalue weighted by atomic mass is 9.97. The van der Waals surface area contributed by atoms with Crippen LogP contribution in [0.5, 0.6) is 0 Å². The maximum Gasteiger partial charge on any atom is 0.193 e. The molecule has 17 heavy (non-hydrogen) atoms. The molecule has 1 unspecified atom stereocenters. The molecule has 0 radical (unpaired) electrons. The zero-order valence-corrected chi connectivity index (χ0v) is 14.5. The molecule has 104 valence electrons. The summed E-state index contributed by atoms with van der Waals surface area (Å²) in [6, 6.07) is 0. The Hall–Kier alpha value is 1.35. The molecule has 0 aromatic heterocycles. The first-order valence-electron chi connectivity index (χ1n) is 6.65. The Labute approximate surface area is 130 Å². The van der Waals surface area contributed by atoms with Crippen LogP contribution < -0.4 is 0 Å². The van der Waals surface area contributed by atoms with Crippen molar-refractivity contribution in [2.75, 3.05) is 5.33 Å². The van der Waals surface area contributed by atoms with Crippen molar-refractivity contribution in [1.82, 2.24) is 0 Å². The Bertz CT molecular complexity index is 169. The predicted octanol–water partition coefficient (Wildman–Crippen LogP) is 6.90. The summed E-state index contributed by atoms with van der Waals surface area (Å²) in [6.07, 6.45) is 10.9.